The highest BCUT2D eigenvalue weighted by molar-refractivity contribution is 7.14. The Morgan fingerprint density at radius 1 is 1.20 bits per heavy atom. The van der Waals surface area contributed by atoms with Crippen molar-refractivity contribution in [3.05, 3.63) is 70.2 Å². The Bertz CT molecular complexity index is 810. The fourth-order valence-corrected chi connectivity index (χ4v) is 2.93. The normalized spacial score (nSPS) is 10.2. The molecule has 0 aliphatic carbocycles. The molecule has 0 fully saturated rings. The topological polar surface area (TPSA) is 62.3 Å². The standard InChI is InChI=1S/C17H15Cl2N3O2S/c1-3-7-22(8-4-2)16(24)14-10-25-17(20-14)21-15(23)11-5-6-12(18)13(19)9-11/h3-6,9-10H,1-2,7-8H2,(H,20,21,23). The maximum Gasteiger partial charge on any atom is 0.273 e. The van der Waals surface area contributed by atoms with Crippen LogP contribution in [0.3, 0.4) is 0 Å². The molecular weight excluding hydrogens is 381 g/mol. The van der Waals surface area contributed by atoms with E-state index in [-0.39, 0.29) is 22.5 Å². The summed E-state index contributed by atoms with van der Waals surface area (Å²) in [6, 6.07) is 4.56. The summed E-state index contributed by atoms with van der Waals surface area (Å²) < 4.78 is 0. The lowest BCUT2D eigenvalue weighted by Gasteiger charge is -2.17. The lowest BCUT2D eigenvalue weighted by atomic mass is 10.2. The Hall–Kier alpha value is -2.15. The van der Waals surface area contributed by atoms with Gasteiger partial charge < -0.3 is 4.90 Å². The summed E-state index contributed by atoms with van der Waals surface area (Å²) in [5.74, 6) is -0.646. The van der Waals surface area contributed by atoms with Gasteiger partial charge in [-0.25, -0.2) is 4.98 Å². The number of benzene rings is 1. The van der Waals surface area contributed by atoms with Crippen molar-refractivity contribution >= 4 is 51.5 Å². The van der Waals surface area contributed by atoms with Gasteiger partial charge in [0.05, 0.1) is 10.0 Å². The molecule has 2 amide bonds. The minimum Gasteiger partial charge on any atom is -0.330 e. The number of carbonyl (C=O) groups is 2. The second-order valence-corrected chi connectivity index (χ2v) is 6.58. The molecule has 0 saturated heterocycles. The molecule has 2 aromatic rings. The van der Waals surface area contributed by atoms with E-state index in [1.54, 1.807) is 28.5 Å². The zero-order valence-electron chi connectivity index (χ0n) is 13.2. The first-order valence-electron chi connectivity index (χ1n) is 7.19. The number of rotatable bonds is 7. The summed E-state index contributed by atoms with van der Waals surface area (Å²) in [5, 5.41) is 5.20. The first kappa shape index (κ1) is 19.2. The van der Waals surface area contributed by atoms with Crippen LogP contribution in [0.1, 0.15) is 20.8 Å². The molecule has 1 aromatic carbocycles. The number of anilines is 1. The van der Waals surface area contributed by atoms with Crippen molar-refractivity contribution in [3.63, 3.8) is 0 Å². The van der Waals surface area contributed by atoms with Crippen molar-refractivity contribution in [2.45, 2.75) is 0 Å². The van der Waals surface area contributed by atoms with Crippen molar-refractivity contribution in [1.29, 1.82) is 0 Å². The zero-order valence-corrected chi connectivity index (χ0v) is 15.5. The first-order chi connectivity index (χ1) is 12.0. The highest BCUT2D eigenvalue weighted by Crippen LogP contribution is 2.24. The second-order valence-electron chi connectivity index (χ2n) is 4.91. The van der Waals surface area contributed by atoms with E-state index >= 15 is 0 Å². The Morgan fingerprint density at radius 2 is 1.88 bits per heavy atom. The number of aromatic nitrogens is 1. The molecule has 130 valence electrons. The number of halogens is 2. The Balaban J connectivity index is 2.11. The van der Waals surface area contributed by atoms with Crippen LogP contribution in [0.5, 0.6) is 0 Å². The molecule has 1 aromatic heterocycles. The maximum atomic E-state index is 12.4. The number of amides is 2. The number of hydrogen-bond acceptors (Lipinski definition) is 4. The third-order valence-electron chi connectivity index (χ3n) is 3.11. The second kappa shape index (κ2) is 8.80. The van der Waals surface area contributed by atoms with Gasteiger partial charge in [-0.2, -0.15) is 0 Å². The Labute approximate surface area is 159 Å². The molecule has 0 aliphatic rings. The van der Waals surface area contributed by atoms with Crippen LogP contribution in [0.25, 0.3) is 0 Å². The number of carbonyl (C=O) groups excluding carboxylic acids is 2. The number of nitrogens with one attached hydrogen (secondary N) is 1. The first-order valence-corrected chi connectivity index (χ1v) is 8.82. The molecule has 25 heavy (non-hydrogen) atoms. The van der Waals surface area contributed by atoms with Gasteiger partial charge in [-0.3, -0.25) is 14.9 Å². The highest BCUT2D eigenvalue weighted by atomic mass is 35.5. The predicted octanol–water partition coefficient (Wildman–Crippen LogP) is 4.52. The monoisotopic (exact) mass is 395 g/mol. The highest BCUT2D eigenvalue weighted by Gasteiger charge is 2.18. The minimum absolute atomic E-state index is 0.248. The van der Waals surface area contributed by atoms with E-state index in [1.165, 1.54) is 12.1 Å². The van der Waals surface area contributed by atoms with E-state index in [9.17, 15) is 9.59 Å². The number of nitrogens with zero attached hydrogens (tertiary/aromatic N) is 2. The fourth-order valence-electron chi connectivity index (χ4n) is 1.95. The molecular formula is C17H15Cl2N3O2S. The van der Waals surface area contributed by atoms with Crippen LogP contribution in [0, 0.1) is 0 Å². The molecule has 1 heterocycles. The third kappa shape index (κ3) is 4.92. The summed E-state index contributed by atoms with van der Waals surface area (Å²) in [4.78, 5) is 30.3. The summed E-state index contributed by atoms with van der Waals surface area (Å²) in [7, 11) is 0. The van der Waals surface area contributed by atoms with Crippen LogP contribution >= 0.6 is 34.5 Å². The molecule has 5 nitrogen and oxygen atoms in total. The van der Waals surface area contributed by atoms with Crippen LogP contribution < -0.4 is 5.32 Å². The molecule has 0 bridgehead atoms. The van der Waals surface area contributed by atoms with Crippen molar-refractivity contribution in [3.8, 4) is 0 Å². The van der Waals surface area contributed by atoms with Gasteiger partial charge in [0.2, 0.25) is 0 Å². The van der Waals surface area contributed by atoms with E-state index in [0.29, 0.717) is 28.8 Å². The van der Waals surface area contributed by atoms with Crippen molar-refractivity contribution in [2.75, 3.05) is 18.4 Å². The minimum atomic E-state index is -0.388. The van der Waals surface area contributed by atoms with Gasteiger partial charge in [-0.05, 0) is 18.2 Å². The molecule has 0 radical (unpaired) electrons. The molecule has 1 N–H and O–H groups in total. The van der Waals surface area contributed by atoms with E-state index < -0.39 is 0 Å². The molecule has 8 heteroatoms. The van der Waals surface area contributed by atoms with Crippen molar-refractivity contribution < 1.29 is 9.59 Å². The summed E-state index contributed by atoms with van der Waals surface area (Å²) in [6.07, 6.45) is 3.25. The Kier molecular flexibility index (Phi) is 6.75. The summed E-state index contributed by atoms with van der Waals surface area (Å²) in [5.41, 5.74) is 0.593. The lowest BCUT2D eigenvalue weighted by Crippen LogP contribution is -2.31. The van der Waals surface area contributed by atoms with Gasteiger partial charge >= 0.3 is 0 Å². The average Bonchev–Trinajstić information content (AvgIpc) is 3.05. The van der Waals surface area contributed by atoms with E-state index in [2.05, 4.69) is 23.5 Å². The van der Waals surface area contributed by atoms with E-state index in [0.717, 1.165) is 11.3 Å². The van der Waals surface area contributed by atoms with Crippen LogP contribution in [-0.2, 0) is 0 Å². The lowest BCUT2D eigenvalue weighted by molar-refractivity contribution is 0.0785. The number of hydrogen-bond donors (Lipinski definition) is 1. The molecule has 0 unspecified atom stereocenters. The third-order valence-corrected chi connectivity index (χ3v) is 4.61. The predicted molar refractivity (Wildman–Crippen MR) is 103 cm³/mol. The fraction of sp³-hybridized carbons (Fsp3) is 0.118. The van der Waals surface area contributed by atoms with Gasteiger partial charge in [0.15, 0.2) is 5.13 Å². The average molecular weight is 396 g/mol. The molecule has 2 rings (SSSR count). The summed E-state index contributed by atoms with van der Waals surface area (Å²) in [6.45, 7) is 8.02. The van der Waals surface area contributed by atoms with Crippen LogP contribution in [0.4, 0.5) is 5.13 Å². The zero-order chi connectivity index (χ0) is 18.4. The SMILES string of the molecule is C=CCN(CC=C)C(=O)c1csc(NC(=O)c2ccc(Cl)c(Cl)c2)n1. The van der Waals surface area contributed by atoms with Gasteiger partial charge in [-0.15, -0.1) is 24.5 Å². The largest absolute Gasteiger partial charge is 0.330 e. The quantitative estimate of drug-likeness (QED) is 0.701. The maximum absolute atomic E-state index is 12.4. The van der Waals surface area contributed by atoms with E-state index in [1.807, 2.05) is 0 Å². The van der Waals surface area contributed by atoms with Gasteiger partial charge in [-0.1, -0.05) is 35.4 Å². The summed E-state index contributed by atoms with van der Waals surface area (Å²) >= 11 is 12.9. The smallest absolute Gasteiger partial charge is 0.273 e. The van der Waals surface area contributed by atoms with Crippen molar-refractivity contribution in [1.82, 2.24) is 9.88 Å². The van der Waals surface area contributed by atoms with Gasteiger partial charge in [0.25, 0.3) is 11.8 Å². The Morgan fingerprint density at radius 3 is 2.48 bits per heavy atom. The van der Waals surface area contributed by atoms with Gasteiger partial charge in [0.1, 0.15) is 5.69 Å². The van der Waals surface area contributed by atoms with Crippen LogP contribution in [0.2, 0.25) is 10.0 Å². The molecule has 0 atom stereocenters. The van der Waals surface area contributed by atoms with Crippen LogP contribution in [-0.4, -0.2) is 34.8 Å². The van der Waals surface area contributed by atoms with Crippen molar-refractivity contribution in [2.24, 2.45) is 0 Å². The van der Waals surface area contributed by atoms with Gasteiger partial charge in [0, 0.05) is 24.0 Å². The molecule has 0 spiro atoms. The molecule has 0 aliphatic heterocycles. The number of thiazole rings is 1. The molecule has 0 saturated carbocycles. The van der Waals surface area contributed by atoms with Crippen LogP contribution in [0.15, 0.2) is 48.9 Å². The van der Waals surface area contributed by atoms with E-state index in [4.69, 9.17) is 23.2 Å².